The number of fused-ring (bicyclic) bond motifs is 2. The van der Waals surface area contributed by atoms with Gasteiger partial charge in [0.1, 0.15) is 0 Å². The van der Waals surface area contributed by atoms with Gasteiger partial charge in [-0.05, 0) is 27.5 Å². The molecular weight excluding hydrogens is 256 g/mol. The third kappa shape index (κ3) is 1.82. The molecule has 0 aromatic heterocycles. The van der Waals surface area contributed by atoms with Crippen molar-refractivity contribution in [2.75, 3.05) is 0 Å². The van der Waals surface area contributed by atoms with Gasteiger partial charge in [0.2, 0.25) is 0 Å². The van der Waals surface area contributed by atoms with Gasteiger partial charge in [0.15, 0.2) is 6.29 Å². The third-order valence-electron chi connectivity index (χ3n) is 4.26. The fraction of sp³-hybridized carbons (Fsp3) is 0.0500. The summed E-state index contributed by atoms with van der Waals surface area (Å²) in [4.78, 5) is 11.7. The number of hydrogen-bond acceptors (Lipinski definition) is 1. The molecule has 1 aliphatic rings. The molecular formula is C20H14O. The summed E-state index contributed by atoms with van der Waals surface area (Å²) in [7, 11) is 0. The van der Waals surface area contributed by atoms with Crippen LogP contribution in [0.5, 0.6) is 0 Å². The molecule has 0 amide bonds. The lowest BCUT2D eigenvalue weighted by atomic mass is 9.87. The Bertz CT molecular complexity index is 874. The highest BCUT2D eigenvalue weighted by molar-refractivity contribution is 6.00. The largest absolute Gasteiger partial charge is 0.298 e. The number of allylic oxidation sites excluding steroid dienone is 1. The summed E-state index contributed by atoms with van der Waals surface area (Å²) in [5.41, 5.74) is 4.41. The Kier molecular flexibility index (Phi) is 2.71. The summed E-state index contributed by atoms with van der Waals surface area (Å²) in [5.74, 6) is 0.172. The molecule has 0 saturated heterocycles. The van der Waals surface area contributed by atoms with Crippen LogP contribution in [0, 0.1) is 0 Å². The van der Waals surface area contributed by atoms with E-state index in [9.17, 15) is 4.79 Å². The van der Waals surface area contributed by atoms with Gasteiger partial charge in [0, 0.05) is 11.5 Å². The first-order valence-electron chi connectivity index (χ1n) is 7.12. The lowest BCUT2D eigenvalue weighted by Gasteiger charge is -2.15. The molecule has 1 heteroatoms. The van der Waals surface area contributed by atoms with Crippen LogP contribution in [0.25, 0.3) is 16.8 Å². The summed E-state index contributed by atoms with van der Waals surface area (Å²) < 4.78 is 0. The molecule has 3 aromatic carbocycles. The minimum absolute atomic E-state index is 0.172. The van der Waals surface area contributed by atoms with Crippen LogP contribution in [-0.2, 0) is 0 Å². The number of benzene rings is 3. The Morgan fingerprint density at radius 3 is 2.52 bits per heavy atom. The lowest BCUT2D eigenvalue weighted by Crippen LogP contribution is -2.01. The van der Waals surface area contributed by atoms with Crippen LogP contribution in [0.3, 0.4) is 0 Å². The second-order valence-electron chi connectivity index (χ2n) is 5.37. The maximum absolute atomic E-state index is 11.7. The van der Waals surface area contributed by atoms with Crippen molar-refractivity contribution in [3.05, 3.63) is 89.0 Å². The van der Waals surface area contributed by atoms with Crippen molar-refractivity contribution < 1.29 is 4.79 Å². The zero-order valence-corrected chi connectivity index (χ0v) is 11.5. The molecule has 0 fully saturated rings. The fourth-order valence-electron chi connectivity index (χ4n) is 3.24. The smallest absolute Gasteiger partial charge is 0.150 e. The van der Waals surface area contributed by atoms with Gasteiger partial charge in [-0.3, -0.25) is 4.79 Å². The lowest BCUT2D eigenvalue weighted by molar-refractivity contribution is 0.112. The summed E-state index contributed by atoms with van der Waals surface area (Å²) in [6.07, 6.45) is 5.32. The molecule has 100 valence electrons. The van der Waals surface area contributed by atoms with Crippen LogP contribution >= 0.6 is 0 Å². The van der Waals surface area contributed by atoms with Crippen LogP contribution in [0.1, 0.15) is 33.0 Å². The van der Waals surface area contributed by atoms with Gasteiger partial charge in [-0.2, -0.15) is 0 Å². The minimum atomic E-state index is 0.172. The minimum Gasteiger partial charge on any atom is -0.298 e. The summed E-state index contributed by atoms with van der Waals surface area (Å²) >= 11 is 0. The number of carbonyl (C=O) groups is 1. The highest BCUT2D eigenvalue weighted by atomic mass is 16.1. The van der Waals surface area contributed by atoms with Gasteiger partial charge in [-0.25, -0.2) is 0 Å². The van der Waals surface area contributed by atoms with Gasteiger partial charge in [-0.15, -0.1) is 0 Å². The molecule has 0 aliphatic heterocycles. The molecule has 1 atom stereocenters. The van der Waals surface area contributed by atoms with Gasteiger partial charge in [0.25, 0.3) is 0 Å². The molecule has 0 spiro atoms. The normalized spacial score (nSPS) is 16.1. The molecule has 1 aliphatic carbocycles. The van der Waals surface area contributed by atoms with E-state index in [2.05, 4.69) is 42.5 Å². The van der Waals surface area contributed by atoms with Crippen LogP contribution in [0.15, 0.2) is 66.7 Å². The number of carbonyl (C=O) groups excluding carboxylic acids is 1. The summed E-state index contributed by atoms with van der Waals surface area (Å²) in [6, 6.07) is 20.6. The molecule has 0 radical (unpaired) electrons. The van der Waals surface area contributed by atoms with E-state index < -0.39 is 0 Å². The van der Waals surface area contributed by atoms with E-state index in [0.717, 1.165) is 28.2 Å². The Labute approximate surface area is 123 Å². The highest BCUT2D eigenvalue weighted by Crippen LogP contribution is 2.38. The number of rotatable bonds is 2. The van der Waals surface area contributed by atoms with Crippen molar-refractivity contribution in [1.29, 1.82) is 0 Å². The standard InChI is InChI=1S/C20H14O/c21-13-20-17-8-4-2-6-15(17)10-12-19(20)18-11-9-14-5-1-3-7-16(14)18/h1-13,18H. The van der Waals surface area contributed by atoms with Crippen LogP contribution in [-0.4, -0.2) is 6.29 Å². The monoisotopic (exact) mass is 270 g/mol. The Hall–Kier alpha value is -2.67. The molecule has 21 heavy (non-hydrogen) atoms. The maximum Gasteiger partial charge on any atom is 0.150 e. The van der Waals surface area contributed by atoms with Gasteiger partial charge < -0.3 is 0 Å². The predicted molar refractivity (Wildman–Crippen MR) is 86.7 cm³/mol. The molecule has 0 bridgehead atoms. The van der Waals surface area contributed by atoms with Crippen LogP contribution < -0.4 is 0 Å². The molecule has 0 N–H and O–H groups in total. The zero-order valence-electron chi connectivity index (χ0n) is 11.5. The van der Waals surface area contributed by atoms with Crippen LogP contribution in [0.4, 0.5) is 0 Å². The Morgan fingerprint density at radius 1 is 0.810 bits per heavy atom. The molecule has 1 nitrogen and oxygen atoms in total. The Balaban J connectivity index is 1.96. The van der Waals surface area contributed by atoms with Crippen LogP contribution in [0.2, 0.25) is 0 Å². The Morgan fingerprint density at radius 2 is 1.62 bits per heavy atom. The van der Waals surface area contributed by atoms with Crippen molar-refractivity contribution in [3.8, 4) is 0 Å². The van der Waals surface area contributed by atoms with Crippen molar-refractivity contribution in [2.45, 2.75) is 5.92 Å². The van der Waals surface area contributed by atoms with Crippen molar-refractivity contribution >= 4 is 23.1 Å². The average Bonchev–Trinajstić information content (AvgIpc) is 2.97. The first-order valence-corrected chi connectivity index (χ1v) is 7.12. The van der Waals surface area contributed by atoms with E-state index in [1.807, 2.05) is 30.3 Å². The van der Waals surface area contributed by atoms with E-state index in [4.69, 9.17) is 0 Å². The first kappa shape index (κ1) is 12.1. The third-order valence-corrected chi connectivity index (χ3v) is 4.26. The number of aldehydes is 1. The average molecular weight is 270 g/mol. The molecule has 4 rings (SSSR count). The predicted octanol–water partition coefficient (Wildman–Crippen LogP) is 4.81. The van der Waals surface area contributed by atoms with Crippen molar-refractivity contribution in [3.63, 3.8) is 0 Å². The maximum atomic E-state index is 11.7. The summed E-state index contributed by atoms with van der Waals surface area (Å²) in [5, 5.41) is 2.14. The van der Waals surface area contributed by atoms with Gasteiger partial charge in [0.05, 0.1) is 0 Å². The van der Waals surface area contributed by atoms with E-state index in [1.54, 1.807) is 0 Å². The van der Waals surface area contributed by atoms with Gasteiger partial charge >= 0.3 is 0 Å². The second kappa shape index (κ2) is 4.71. The molecule has 1 unspecified atom stereocenters. The quantitative estimate of drug-likeness (QED) is 0.611. The molecule has 0 heterocycles. The van der Waals surface area contributed by atoms with E-state index in [-0.39, 0.29) is 5.92 Å². The molecule has 3 aromatic rings. The first-order chi connectivity index (χ1) is 10.4. The van der Waals surface area contributed by atoms with Crippen molar-refractivity contribution in [1.82, 2.24) is 0 Å². The number of hydrogen-bond donors (Lipinski definition) is 0. The van der Waals surface area contributed by atoms with E-state index in [0.29, 0.717) is 0 Å². The second-order valence-corrected chi connectivity index (χ2v) is 5.37. The SMILES string of the molecule is O=Cc1c(C2C=Cc3ccccc32)ccc2ccccc12. The van der Waals surface area contributed by atoms with Crippen molar-refractivity contribution in [2.24, 2.45) is 0 Å². The fourth-order valence-corrected chi connectivity index (χ4v) is 3.24. The molecule has 0 saturated carbocycles. The van der Waals surface area contributed by atoms with Gasteiger partial charge in [-0.1, -0.05) is 72.8 Å². The van der Waals surface area contributed by atoms with E-state index in [1.165, 1.54) is 11.1 Å². The topological polar surface area (TPSA) is 17.1 Å². The zero-order chi connectivity index (χ0) is 14.2. The highest BCUT2D eigenvalue weighted by Gasteiger charge is 2.21. The van der Waals surface area contributed by atoms with E-state index >= 15 is 0 Å². The summed E-state index contributed by atoms with van der Waals surface area (Å²) in [6.45, 7) is 0.